The van der Waals surface area contributed by atoms with Crippen LogP contribution >= 0.6 is 23.2 Å². The molecule has 0 radical (unpaired) electrons. The minimum atomic E-state index is -1.37. The molecule has 3 fully saturated rings. The van der Waals surface area contributed by atoms with Crippen LogP contribution in [0.1, 0.15) is 67.4 Å². The van der Waals surface area contributed by atoms with E-state index in [-0.39, 0.29) is 41.8 Å². The van der Waals surface area contributed by atoms with Gasteiger partial charge in [-0.1, -0.05) is 29.3 Å². The van der Waals surface area contributed by atoms with Crippen LogP contribution in [-0.4, -0.2) is 58.0 Å². The fourth-order valence-corrected chi connectivity index (χ4v) is 8.73. The molecule has 1 saturated heterocycles. The third-order valence-electron chi connectivity index (χ3n) is 10.1. The summed E-state index contributed by atoms with van der Waals surface area (Å²) in [5.41, 5.74) is -1.94. The number of fused-ring (bicyclic) bond motifs is 3. The van der Waals surface area contributed by atoms with Gasteiger partial charge >= 0.3 is 0 Å². The van der Waals surface area contributed by atoms with Crippen LogP contribution in [0.25, 0.3) is 0 Å². The maximum Gasteiger partial charge on any atom is 0.238 e. The van der Waals surface area contributed by atoms with E-state index in [0.717, 1.165) is 12.8 Å². The Morgan fingerprint density at radius 2 is 1.86 bits per heavy atom. The van der Waals surface area contributed by atoms with Gasteiger partial charge in [-0.05, 0) is 73.9 Å². The first-order valence-electron chi connectivity index (χ1n) is 14.4. The number of rotatable bonds is 6. The molecule has 4 aliphatic rings. The van der Waals surface area contributed by atoms with E-state index in [0.29, 0.717) is 40.6 Å². The van der Waals surface area contributed by atoms with E-state index in [1.807, 2.05) is 0 Å². The van der Waals surface area contributed by atoms with Gasteiger partial charge in [0.25, 0.3) is 0 Å². The lowest BCUT2D eigenvalue weighted by molar-refractivity contribution is -0.131. The first-order valence-corrected chi connectivity index (χ1v) is 15.2. The summed E-state index contributed by atoms with van der Waals surface area (Å²) in [6.07, 6.45) is 5.90. The number of benzene rings is 1. The second kappa shape index (κ2) is 10.5. The zero-order valence-corrected chi connectivity index (χ0v) is 24.6. The summed E-state index contributed by atoms with van der Waals surface area (Å²) in [5.74, 6) is -0.669. The van der Waals surface area contributed by atoms with E-state index in [2.05, 4.69) is 31.1 Å². The molecule has 7 rings (SSSR count). The Bertz CT molecular complexity index is 1550. The summed E-state index contributed by atoms with van der Waals surface area (Å²) in [7, 11) is 0. The summed E-state index contributed by atoms with van der Waals surface area (Å²) in [6.45, 7) is -1.74. The maximum absolute atomic E-state index is 14.4. The van der Waals surface area contributed by atoms with E-state index in [9.17, 15) is 18.4 Å². The van der Waals surface area contributed by atoms with Crippen LogP contribution in [0.4, 0.5) is 14.5 Å². The molecule has 2 saturated carbocycles. The highest BCUT2D eigenvalue weighted by molar-refractivity contribution is 6.31. The highest BCUT2D eigenvalue weighted by atomic mass is 35.5. The van der Waals surface area contributed by atoms with E-state index in [4.69, 9.17) is 27.6 Å². The summed E-state index contributed by atoms with van der Waals surface area (Å²) in [6, 6.07) is 7.52. The Kier molecular flexibility index (Phi) is 6.98. The third-order valence-corrected chi connectivity index (χ3v) is 10.6. The molecule has 3 aromatic rings. The molecule has 13 heteroatoms. The van der Waals surface area contributed by atoms with Gasteiger partial charge in [0.2, 0.25) is 24.1 Å². The van der Waals surface area contributed by atoms with Crippen LogP contribution in [0, 0.1) is 5.41 Å². The van der Waals surface area contributed by atoms with Crippen molar-refractivity contribution in [2.75, 3.05) is 18.7 Å². The quantitative estimate of drug-likeness (QED) is 0.327. The molecule has 2 aliphatic heterocycles. The largest absolute Gasteiger partial charge is 0.428 e. The van der Waals surface area contributed by atoms with Gasteiger partial charge in [-0.15, -0.1) is 10.2 Å². The lowest BCUT2D eigenvalue weighted by Gasteiger charge is -2.59. The van der Waals surface area contributed by atoms with E-state index in [1.165, 1.54) is 12.6 Å². The standard InChI is InChI=1S/C30H30Cl2F2N6O3/c31-18-3-6-20-21(10-18)38-27(42)30(20)23(17-7-8-35-22(32)9-17)24(39-29(30)11-28(12-29,13-33)14-34)25(41)37-19-4-1-16(2-5-19)26-40-36-15-43-26/h3,6-10,15-16,19,23-24,39H,1-2,4-5,11-14H2,(H,37,41)(H,38,42)/t16?,19?,23-,24+,30+/m0/s1. The summed E-state index contributed by atoms with van der Waals surface area (Å²) in [4.78, 5) is 32.7. The van der Waals surface area contributed by atoms with E-state index in [1.54, 1.807) is 30.3 Å². The first-order chi connectivity index (χ1) is 20.7. The number of nitrogens with one attached hydrogen (secondary N) is 3. The van der Waals surface area contributed by atoms with Crippen molar-refractivity contribution in [3.8, 4) is 0 Å². The third kappa shape index (κ3) is 4.29. The Morgan fingerprint density at radius 1 is 1.09 bits per heavy atom. The van der Waals surface area contributed by atoms with Crippen LogP contribution in [0.2, 0.25) is 10.2 Å². The van der Waals surface area contributed by atoms with Crippen molar-refractivity contribution in [3.63, 3.8) is 0 Å². The summed E-state index contributed by atoms with van der Waals surface area (Å²) < 4.78 is 34.0. The number of nitrogens with zero attached hydrogens (tertiary/aromatic N) is 3. The number of amides is 2. The molecule has 226 valence electrons. The molecule has 0 bridgehead atoms. The number of aromatic nitrogens is 3. The molecule has 2 aromatic heterocycles. The van der Waals surface area contributed by atoms with Crippen LogP contribution in [0.15, 0.2) is 47.3 Å². The Balaban J connectivity index is 1.29. The van der Waals surface area contributed by atoms with Gasteiger partial charge < -0.3 is 15.1 Å². The van der Waals surface area contributed by atoms with E-state index >= 15 is 0 Å². The number of anilines is 1. The van der Waals surface area contributed by atoms with Gasteiger partial charge in [0.15, 0.2) is 0 Å². The number of hydrogen-bond acceptors (Lipinski definition) is 7. The highest BCUT2D eigenvalue weighted by Crippen LogP contribution is 2.68. The average molecular weight is 632 g/mol. The fraction of sp³-hybridized carbons (Fsp3) is 0.500. The molecule has 2 aliphatic carbocycles. The second-order valence-electron chi connectivity index (χ2n) is 12.5. The van der Waals surface area contributed by atoms with Gasteiger partial charge in [-0.3, -0.25) is 23.7 Å². The fourth-order valence-electron chi connectivity index (χ4n) is 8.37. The van der Waals surface area contributed by atoms with Crippen molar-refractivity contribution >= 4 is 40.7 Å². The predicted molar refractivity (Wildman–Crippen MR) is 154 cm³/mol. The number of halogens is 4. The smallest absolute Gasteiger partial charge is 0.238 e. The van der Waals surface area contributed by atoms with Crippen LogP contribution in [-0.2, 0) is 15.0 Å². The normalized spacial score (nSPS) is 30.2. The molecule has 3 atom stereocenters. The number of carbonyl (C=O) groups is 2. The molecular weight excluding hydrogens is 601 g/mol. The second-order valence-corrected chi connectivity index (χ2v) is 13.3. The van der Waals surface area contributed by atoms with Gasteiger partial charge in [-0.25, -0.2) is 4.98 Å². The predicted octanol–water partition coefficient (Wildman–Crippen LogP) is 5.02. The zero-order chi connectivity index (χ0) is 30.0. The minimum absolute atomic E-state index is 0.0386. The summed E-state index contributed by atoms with van der Waals surface area (Å²) >= 11 is 12.7. The number of pyridine rings is 1. The van der Waals surface area contributed by atoms with E-state index < -0.39 is 41.7 Å². The Labute approximate surface area is 256 Å². The maximum atomic E-state index is 14.4. The molecule has 0 unspecified atom stereocenters. The van der Waals surface area contributed by atoms with Crippen LogP contribution in [0.5, 0.6) is 0 Å². The minimum Gasteiger partial charge on any atom is -0.428 e. The van der Waals surface area contributed by atoms with Gasteiger partial charge in [0.05, 0.1) is 19.4 Å². The molecular formula is C30H30Cl2F2N6O3. The average Bonchev–Trinajstić information content (AvgIpc) is 3.69. The Morgan fingerprint density at radius 3 is 2.53 bits per heavy atom. The van der Waals surface area contributed by atoms with Gasteiger partial charge in [0.1, 0.15) is 10.6 Å². The van der Waals surface area contributed by atoms with Crippen molar-refractivity contribution in [2.24, 2.45) is 5.41 Å². The Hall–Kier alpha value is -3.15. The zero-order valence-electron chi connectivity index (χ0n) is 23.1. The van der Waals surface area contributed by atoms with Gasteiger partial charge in [-0.2, -0.15) is 0 Å². The monoisotopic (exact) mass is 630 g/mol. The molecule has 1 aromatic carbocycles. The lowest BCUT2D eigenvalue weighted by Crippen LogP contribution is -2.70. The van der Waals surface area contributed by atoms with Crippen molar-refractivity contribution < 1.29 is 22.8 Å². The van der Waals surface area contributed by atoms with Crippen LogP contribution in [0.3, 0.4) is 0 Å². The molecule has 3 N–H and O–H groups in total. The number of alkyl halides is 2. The molecule has 43 heavy (non-hydrogen) atoms. The summed E-state index contributed by atoms with van der Waals surface area (Å²) in [5, 5.41) is 18.1. The van der Waals surface area contributed by atoms with Crippen molar-refractivity contribution in [2.45, 2.75) is 73.4 Å². The highest BCUT2D eigenvalue weighted by Gasteiger charge is 2.77. The van der Waals surface area contributed by atoms with Crippen molar-refractivity contribution in [1.82, 2.24) is 25.8 Å². The molecule has 9 nitrogen and oxygen atoms in total. The molecule has 2 spiro atoms. The number of carbonyl (C=O) groups excluding carboxylic acids is 2. The van der Waals surface area contributed by atoms with Gasteiger partial charge in [0, 0.05) is 45.7 Å². The topological polar surface area (TPSA) is 122 Å². The first kappa shape index (κ1) is 28.6. The van der Waals surface area contributed by atoms with Crippen LogP contribution < -0.4 is 16.0 Å². The van der Waals surface area contributed by atoms with Crippen molar-refractivity contribution in [3.05, 3.63) is 70.1 Å². The van der Waals surface area contributed by atoms with Crippen molar-refractivity contribution in [1.29, 1.82) is 0 Å². The molecule has 2 amide bonds. The lowest BCUT2D eigenvalue weighted by atomic mass is 9.46. The SMILES string of the molecule is O=C(NC1CCC(c2nnco2)CC1)[C@@H]1NC2(CC(CF)(CF)C2)[C@@]2(C(=O)Nc3cc(Cl)ccc32)[C@H]1c1ccnc(Cl)c1. The molecule has 4 heterocycles. The number of hydrogen-bond donors (Lipinski definition) is 3.